The molecule has 3 nitrogen and oxygen atoms in total. The van der Waals surface area contributed by atoms with Crippen molar-refractivity contribution >= 4 is 0 Å². The van der Waals surface area contributed by atoms with Crippen LogP contribution in [0.2, 0.25) is 0 Å². The minimum absolute atomic E-state index is 0.538. The highest BCUT2D eigenvalue weighted by atomic mass is 16.6. The largest absolute Gasteiger partial charge is 0.493 e. The standard InChI is InChI=1S/C10H13O3/c1-3-10(11)13-9-7-5-4-6-8(9)12-2/h5-7,10-11H,3H2,1-2H3. The van der Waals surface area contributed by atoms with Crippen LogP contribution in [0, 0.1) is 6.07 Å². The zero-order valence-electron chi connectivity index (χ0n) is 7.78. The Morgan fingerprint density at radius 1 is 1.54 bits per heavy atom. The zero-order chi connectivity index (χ0) is 9.68. The van der Waals surface area contributed by atoms with Crippen LogP contribution in [0.1, 0.15) is 13.3 Å². The number of hydrogen-bond acceptors (Lipinski definition) is 3. The van der Waals surface area contributed by atoms with Gasteiger partial charge in [-0.05, 0) is 18.2 Å². The van der Waals surface area contributed by atoms with Crippen molar-refractivity contribution in [3.05, 3.63) is 24.3 Å². The molecule has 0 bridgehead atoms. The minimum Gasteiger partial charge on any atom is -0.493 e. The molecule has 1 radical (unpaired) electrons. The molecule has 0 aromatic heterocycles. The molecule has 0 aliphatic heterocycles. The van der Waals surface area contributed by atoms with Gasteiger partial charge in [-0.15, -0.1) is 0 Å². The molecule has 1 unspecified atom stereocenters. The Morgan fingerprint density at radius 3 is 2.92 bits per heavy atom. The van der Waals surface area contributed by atoms with Crippen molar-refractivity contribution in [3.63, 3.8) is 0 Å². The van der Waals surface area contributed by atoms with Crippen LogP contribution in [0.25, 0.3) is 0 Å². The quantitative estimate of drug-likeness (QED) is 0.717. The topological polar surface area (TPSA) is 38.7 Å². The van der Waals surface area contributed by atoms with Crippen LogP contribution in [0.4, 0.5) is 0 Å². The maximum Gasteiger partial charge on any atom is 0.197 e. The molecule has 13 heavy (non-hydrogen) atoms. The van der Waals surface area contributed by atoms with Crippen LogP contribution < -0.4 is 9.47 Å². The normalized spacial score (nSPS) is 12.2. The summed E-state index contributed by atoms with van der Waals surface area (Å²) in [5.41, 5.74) is 0. The fourth-order valence-electron chi connectivity index (χ4n) is 0.888. The maximum atomic E-state index is 9.24. The van der Waals surface area contributed by atoms with E-state index in [1.54, 1.807) is 25.3 Å². The van der Waals surface area contributed by atoms with Gasteiger partial charge in [0.1, 0.15) is 0 Å². The second kappa shape index (κ2) is 4.72. The van der Waals surface area contributed by atoms with E-state index in [9.17, 15) is 5.11 Å². The summed E-state index contributed by atoms with van der Waals surface area (Å²) in [5.74, 6) is 1.12. The highest BCUT2D eigenvalue weighted by molar-refractivity contribution is 5.38. The second-order valence-corrected chi connectivity index (χ2v) is 2.56. The van der Waals surface area contributed by atoms with Gasteiger partial charge in [0.25, 0.3) is 0 Å². The van der Waals surface area contributed by atoms with E-state index < -0.39 is 6.29 Å². The average Bonchev–Trinajstić information content (AvgIpc) is 2.18. The molecular weight excluding hydrogens is 168 g/mol. The summed E-state index contributed by atoms with van der Waals surface area (Å²) in [5, 5.41) is 9.24. The highest BCUT2D eigenvalue weighted by Crippen LogP contribution is 2.26. The lowest BCUT2D eigenvalue weighted by Crippen LogP contribution is -2.13. The van der Waals surface area contributed by atoms with Gasteiger partial charge in [0.15, 0.2) is 17.8 Å². The summed E-state index contributed by atoms with van der Waals surface area (Å²) in [7, 11) is 1.55. The van der Waals surface area contributed by atoms with E-state index in [4.69, 9.17) is 9.47 Å². The van der Waals surface area contributed by atoms with Crippen molar-refractivity contribution in [1.29, 1.82) is 0 Å². The fourth-order valence-corrected chi connectivity index (χ4v) is 0.888. The molecule has 0 amide bonds. The van der Waals surface area contributed by atoms with E-state index in [2.05, 4.69) is 6.07 Å². The number of ether oxygens (including phenoxy) is 2. The van der Waals surface area contributed by atoms with E-state index >= 15 is 0 Å². The summed E-state index contributed by atoms with van der Waals surface area (Å²) in [6.07, 6.45) is -0.238. The predicted molar refractivity (Wildman–Crippen MR) is 48.8 cm³/mol. The van der Waals surface area contributed by atoms with Crippen molar-refractivity contribution in [2.45, 2.75) is 19.6 Å². The van der Waals surface area contributed by atoms with Gasteiger partial charge < -0.3 is 14.6 Å². The van der Waals surface area contributed by atoms with Gasteiger partial charge in [-0.25, -0.2) is 0 Å². The third kappa shape index (κ3) is 2.63. The lowest BCUT2D eigenvalue weighted by Gasteiger charge is -2.13. The Labute approximate surface area is 77.9 Å². The first-order chi connectivity index (χ1) is 6.27. The number of aliphatic hydroxyl groups is 1. The van der Waals surface area contributed by atoms with Gasteiger partial charge in [0.05, 0.1) is 7.11 Å². The van der Waals surface area contributed by atoms with Crippen LogP contribution in [0.3, 0.4) is 0 Å². The van der Waals surface area contributed by atoms with Gasteiger partial charge >= 0.3 is 0 Å². The molecule has 1 aromatic rings. The van der Waals surface area contributed by atoms with Crippen molar-refractivity contribution in [3.8, 4) is 11.5 Å². The van der Waals surface area contributed by atoms with Crippen molar-refractivity contribution in [2.24, 2.45) is 0 Å². The van der Waals surface area contributed by atoms with Crippen LogP contribution >= 0.6 is 0 Å². The Balaban J connectivity index is 2.74. The monoisotopic (exact) mass is 181 g/mol. The summed E-state index contributed by atoms with van der Waals surface area (Å²) >= 11 is 0. The molecule has 0 fully saturated rings. The molecule has 0 saturated carbocycles. The van der Waals surface area contributed by atoms with Gasteiger partial charge in [0.2, 0.25) is 0 Å². The van der Waals surface area contributed by atoms with Gasteiger partial charge in [0, 0.05) is 6.42 Å². The third-order valence-corrected chi connectivity index (χ3v) is 1.62. The lowest BCUT2D eigenvalue weighted by molar-refractivity contribution is -0.0206. The molecule has 1 aromatic carbocycles. The number of hydrogen-bond donors (Lipinski definition) is 1. The second-order valence-electron chi connectivity index (χ2n) is 2.56. The molecule has 1 N–H and O–H groups in total. The molecule has 0 spiro atoms. The van der Waals surface area contributed by atoms with Crippen LogP contribution in [-0.4, -0.2) is 18.5 Å². The minimum atomic E-state index is -0.781. The first kappa shape index (κ1) is 9.86. The van der Waals surface area contributed by atoms with E-state index in [1.807, 2.05) is 6.92 Å². The number of methoxy groups -OCH3 is 1. The van der Waals surface area contributed by atoms with Crippen LogP contribution in [0.5, 0.6) is 11.5 Å². The SMILES string of the molecule is CCC(O)Oc1cc[c]cc1OC. The molecule has 1 rings (SSSR count). The van der Waals surface area contributed by atoms with Gasteiger partial charge in [-0.3, -0.25) is 0 Å². The molecule has 0 aliphatic rings. The van der Waals surface area contributed by atoms with Crippen LogP contribution in [0.15, 0.2) is 18.2 Å². The fraction of sp³-hybridized carbons (Fsp3) is 0.400. The first-order valence-corrected chi connectivity index (χ1v) is 4.16. The summed E-state index contributed by atoms with van der Waals surface area (Å²) in [4.78, 5) is 0. The Hall–Kier alpha value is -1.22. The molecule has 0 heterocycles. The van der Waals surface area contributed by atoms with Crippen molar-refractivity contribution in [1.82, 2.24) is 0 Å². The number of aliphatic hydroxyl groups excluding tert-OH is 1. The molecule has 0 saturated heterocycles. The van der Waals surface area contributed by atoms with E-state index in [1.165, 1.54) is 0 Å². The highest BCUT2D eigenvalue weighted by Gasteiger charge is 2.06. The lowest BCUT2D eigenvalue weighted by atomic mass is 10.3. The van der Waals surface area contributed by atoms with Crippen molar-refractivity contribution < 1.29 is 14.6 Å². The summed E-state index contributed by atoms with van der Waals surface area (Å²) < 4.78 is 10.2. The Morgan fingerprint density at radius 2 is 2.31 bits per heavy atom. The maximum absolute atomic E-state index is 9.24. The molecular formula is C10H13O3. The van der Waals surface area contributed by atoms with Gasteiger partial charge in [-0.1, -0.05) is 13.0 Å². The van der Waals surface area contributed by atoms with Gasteiger partial charge in [-0.2, -0.15) is 0 Å². The van der Waals surface area contributed by atoms with E-state index in [0.717, 1.165) is 0 Å². The number of benzene rings is 1. The third-order valence-electron chi connectivity index (χ3n) is 1.62. The average molecular weight is 181 g/mol. The Bertz CT molecular complexity index is 260. The summed E-state index contributed by atoms with van der Waals surface area (Å²) in [6.45, 7) is 1.84. The van der Waals surface area contributed by atoms with E-state index in [-0.39, 0.29) is 0 Å². The van der Waals surface area contributed by atoms with Crippen molar-refractivity contribution in [2.75, 3.05) is 7.11 Å². The first-order valence-electron chi connectivity index (χ1n) is 4.16. The summed E-state index contributed by atoms with van der Waals surface area (Å²) in [6, 6.07) is 7.94. The number of rotatable bonds is 4. The van der Waals surface area contributed by atoms with Crippen LogP contribution in [-0.2, 0) is 0 Å². The smallest absolute Gasteiger partial charge is 0.197 e. The molecule has 71 valence electrons. The molecule has 3 heteroatoms. The molecule has 0 aliphatic carbocycles. The van der Waals surface area contributed by atoms with E-state index in [0.29, 0.717) is 17.9 Å². The predicted octanol–water partition coefficient (Wildman–Crippen LogP) is 1.60. The molecule has 1 atom stereocenters. The zero-order valence-corrected chi connectivity index (χ0v) is 7.78. The Kier molecular flexibility index (Phi) is 3.58.